The molecule has 2 saturated heterocycles. The molecule has 4 aliphatic heterocycles. The Morgan fingerprint density at radius 1 is 0.550 bits per heavy atom. The fourth-order valence-corrected chi connectivity index (χ4v) is 7.69. The summed E-state index contributed by atoms with van der Waals surface area (Å²) < 4.78 is 11.0. The molecule has 0 radical (unpaired) electrons. The van der Waals surface area contributed by atoms with Crippen molar-refractivity contribution in [3.8, 4) is 0 Å². The van der Waals surface area contributed by atoms with Crippen LogP contribution in [0.2, 0.25) is 0 Å². The number of aliphatic imine (C=N–C) groups is 2. The number of fused-ring (bicyclic) bond motifs is 2. The number of ether oxygens (including phenoxy) is 2. The summed E-state index contributed by atoms with van der Waals surface area (Å²) >= 11 is 0. The smallest absolute Gasteiger partial charge is 0.410 e. The molecular formula is C46H58N8O6. The van der Waals surface area contributed by atoms with E-state index in [2.05, 4.69) is 44.7 Å². The summed E-state index contributed by atoms with van der Waals surface area (Å²) in [5.74, 6) is -0.226. The van der Waals surface area contributed by atoms with Gasteiger partial charge in [0.25, 0.3) is 11.8 Å². The molecule has 2 fully saturated rings. The van der Waals surface area contributed by atoms with Gasteiger partial charge in [-0.2, -0.15) is 0 Å². The summed E-state index contributed by atoms with van der Waals surface area (Å²) in [4.78, 5) is 68.6. The Hall–Kier alpha value is -5.60. The monoisotopic (exact) mass is 818 g/mol. The third kappa shape index (κ3) is 11.0. The summed E-state index contributed by atoms with van der Waals surface area (Å²) in [5.41, 5.74) is 7.95. The zero-order valence-electron chi connectivity index (χ0n) is 35.8. The van der Waals surface area contributed by atoms with Crippen molar-refractivity contribution in [3.63, 3.8) is 0 Å². The summed E-state index contributed by atoms with van der Waals surface area (Å²) in [7, 11) is 0. The first-order chi connectivity index (χ1) is 28.6. The van der Waals surface area contributed by atoms with Gasteiger partial charge in [0.15, 0.2) is 0 Å². The van der Waals surface area contributed by atoms with Crippen molar-refractivity contribution in [2.24, 2.45) is 9.98 Å². The van der Waals surface area contributed by atoms with Crippen LogP contribution in [-0.2, 0) is 22.3 Å². The summed E-state index contributed by atoms with van der Waals surface area (Å²) in [6.45, 7) is 19.0. The van der Waals surface area contributed by atoms with E-state index < -0.39 is 11.2 Å². The van der Waals surface area contributed by atoms with Crippen LogP contribution in [0.1, 0.15) is 84.5 Å². The number of nitrogens with zero attached hydrogens (tertiary/aromatic N) is 6. The van der Waals surface area contributed by atoms with E-state index in [4.69, 9.17) is 19.5 Å². The van der Waals surface area contributed by atoms with Gasteiger partial charge >= 0.3 is 12.2 Å². The second-order valence-corrected chi connectivity index (χ2v) is 17.9. The van der Waals surface area contributed by atoms with Crippen LogP contribution in [0.4, 0.5) is 21.0 Å². The summed E-state index contributed by atoms with van der Waals surface area (Å²) in [5, 5.41) is 6.11. The van der Waals surface area contributed by atoms with Crippen molar-refractivity contribution in [1.82, 2.24) is 30.2 Å². The predicted octanol–water partition coefficient (Wildman–Crippen LogP) is 5.61. The molecule has 14 nitrogen and oxygen atoms in total. The number of amides is 4. The number of piperazine rings is 2. The Kier molecular flexibility index (Phi) is 12.7. The molecule has 0 aromatic heterocycles. The normalized spacial score (nSPS) is 17.0. The van der Waals surface area contributed by atoms with Crippen LogP contribution in [0.15, 0.2) is 70.6 Å². The fraction of sp³-hybridized carbons (Fsp3) is 0.478. The standard InChI is InChI=1S/C46H58N8O6/c1-45(2,3)59-43(57)53-23-19-51(20-24-53)17-15-47-41(55)33-11-13-37-35(27-33)29-39(49-37)31-7-9-32(10-8-31)40-30-36-28-34(12-14-38(36)50-40)42(56)48-16-18-52-21-25-54(26-22-52)44(58)60-46(4,5)6/h7-14,27-28H,15-26,29-30H2,1-6H3,(H,47,55)(H,48,56). The molecule has 0 atom stereocenters. The van der Waals surface area contributed by atoms with Crippen LogP contribution in [0.25, 0.3) is 0 Å². The quantitative estimate of drug-likeness (QED) is 0.269. The van der Waals surface area contributed by atoms with Crippen molar-refractivity contribution in [1.29, 1.82) is 0 Å². The minimum atomic E-state index is -0.513. The summed E-state index contributed by atoms with van der Waals surface area (Å²) in [6.07, 6.45) is 0.721. The van der Waals surface area contributed by atoms with Gasteiger partial charge in [-0.3, -0.25) is 29.4 Å². The second kappa shape index (κ2) is 17.9. The van der Waals surface area contributed by atoms with Gasteiger partial charge in [-0.05, 0) is 100 Å². The molecule has 2 N–H and O–H groups in total. The van der Waals surface area contributed by atoms with Crippen LogP contribution >= 0.6 is 0 Å². The molecule has 3 aromatic carbocycles. The Morgan fingerprint density at radius 3 is 1.27 bits per heavy atom. The van der Waals surface area contributed by atoms with E-state index in [0.29, 0.717) is 76.3 Å². The van der Waals surface area contributed by atoms with Gasteiger partial charge in [0.1, 0.15) is 11.2 Å². The summed E-state index contributed by atoms with van der Waals surface area (Å²) in [6, 6.07) is 19.6. The molecule has 4 heterocycles. The predicted molar refractivity (Wildman–Crippen MR) is 232 cm³/mol. The number of benzene rings is 3. The van der Waals surface area contributed by atoms with E-state index in [9.17, 15) is 19.2 Å². The molecule has 7 rings (SSSR count). The Balaban J connectivity index is 0.833. The molecule has 318 valence electrons. The highest BCUT2D eigenvalue weighted by molar-refractivity contribution is 6.10. The van der Waals surface area contributed by atoms with Crippen LogP contribution < -0.4 is 10.6 Å². The van der Waals surface area contributed by atoms with E-state index in [0.717, 1.165) is 71.2 Å². The number of hydrogen-bond donors (Lipinski definition) is 2. The van der Waals surface area contributed by atoms with E-state index >= 15 is 0 Å². The SMILES string of the molecule is CC(C)(C)OC(=O)N1CCN(CCNC(=O)c2ccc3c(c2)CC(c2ccc(C4=Nc5ccc(C(=O)NCCN6CCN(C(=O)OC(C)(C)C)CC6)cc5C4)cc2)=N3)CC1. The van der Waals surface area contributed by atoms with E-state index in [-0.39, 0.29) is 24.0 Å². The Labute approximate surface area is 353 Å². The molecule has 4 aliphatic rings. The minimum Gasteiger partial charge on any atom is -0.444 e. The fourth-order valence-electron chi connectivity index (χ4n) is 7.69. The lowest BCUT2D eigenvalue weighted by molar-refractivity contribution is 0.0137. The van der Waals surface area contributed by atoms with Crippen LogP contribution in [0, 0.1) is 0 Å². The minimum absolute atomic E-state index is 0.113. The van der Waals surface area contributed by atoms with Crippen LogP contribution in [0.5, 0.6) is 0 Å². The molecule has 4 amide bonds. The van der Waals surface area contributed by atoms with Crippen molar-refractivity contribution >= 4 is 46.8 Å². The van der Waals surface area contributed by atoms with Crippen LogP contribution in [0.3, 0.4) is 0 Å². The first-order valence-electron chi connectivity index (χ1n) is 21.1. The van der Waals surface area contributed by atoms with Crippen molar-refractivity contribution in [3.05, 3.63) is 94.0 Å². The van der Waals surface area contributed by atoms with E-state index in [1.54, 1.807) is 9.80 Å². The molecule has 0 spiro atoms. The molecule has 14 heteroatoms. The first kappa shape index (κ1) is 42.5. The lowest BCUT2D eigenvalue weighted by Gasteiger charge is -2.35. The zero-order chi connectivity index (χ0) is 42.6. The molecule has 0 bridgehead atoms. The van der Waals surface area contributed by atoms with Gasteiger partial charge in [-0.1, -0.05) is 24.3 Å². The van der Waals surface area contributed by atoms with E-state index in [1.165, 1.54) is 0 Å². The third-order valence-electron chi connectivity index (χ3n) is 10.9. The van der Waals surface area contributed by atoms with Crippen molar-refractivity contribution in [2.45, 2.75) is 65.6 Å². The Bertz CT molecular complexity index is 2000. The van der Waals surface area contributed by atoms with Gasteiger partial charge in [0.2, 0.25) is 0 Å². The first-order valence-corrected chi connectivity index (χ1v) is 21.1. The highest BCUT2D eigenvalue weighted by Gasteiger charge is 2.28. The van der Waals surface area contributed by atoms with Gasteiger partial charge in [-0.15, -0.1) is 0 Å². The number of hydrogen-bond acceptors (Lipinski definition) is 10. The second-order valence-electron chi connectivity index (χ2n) is 17.9. The van der Waals surface area contributed by atoms with Gasteiger partial charge in [0.05, 0.1) is 22.8 Å². The molecule has 60 heavy (non-hydrogen) atoms. The number of carbonyl (C=O) groups is 4. The maximum atomic E-state index is 13.1. The lowest BCUT2D eigenvalue weighted by Crippen LogP contribution is -2.51. The number of carbonyl (C=O) groups excluding carboxylic acids is 4. The number of nitrogens with one attached hydrogen (secondary N) is 2. The van der Waals surface area contributed by atoms with Crippen LogP contribution in [-0.4, -0.2) is 145 Å². The average Bonchev–Trinajstić information content (AvgIpc) is 3.84. The number of rotatable bonds is 10. The highest BCUT2D eigenvalue weighted by Crippen LogP contribution is 2.32. The van der Waals surface area contributed by atoms with Gasteiger partial charge in [-0.25, -0.2) is 9.59 Å². The molecule has 3 aromatic rings. The third-order valence-corrected chi connectivity index (χ3v) is 10.9. The topological polar surface area (TPSA) is 148 Å². The van der Waals surface area contributed by atoms with Gasteiger partial charge < -0.3 is 29.9 Å². The lowest BCUT2D eigenvalue weighted by atomic mass is 9.98. The zero-order valence-corrected chi connectivity index (χ0v) is 35.8. The maximum absolute atomic E-state index is 13.1. The highest BCUT2D eigenvalue weighted by atomic mass is 16.6. The molecule has 0 saturated carbocycles. The molecule has 0 unspecified atom stereocenters. The maximum Gasteiger partial charge on any atom is 0.410 e. The van der Waals surface area contributed by atoms with Gasteiger partial charge in [0, 0.05) is 103 Å². The average molecular weight is 819 g/mol. The van der Waals surface area contributed by atoms with Crippen molar-refractivity contribution in [2.75, 3.05) is 78.5 Å². The Morgan fingerprint density at radius 2 is 0.917 bits per heavy atom. The van der Waals surface area contributed by atoms with Crippen molar-refractivity contribution < 1.29 is 28.7 Å². The molecule has 0 aliphatic carbocycles. The van der Waals surface area contributed by atoms with E-state index in [1.807, 2.05) is 77.9 Å². The molecular weight excluding hydrogens is 761 g/mol. The largest absolute Gasteiger partial charge is 0.444 e.